The normalized spacial score (nSPS) is 10.2. The first-order chi connectivity index (χ1) is 9.88. The summed E-state index contributed by atoms with van der Waals surface area (Å²) in [5.41, 5.74) is -0.257. The second kappa shape index (κ2) is 6.31. The number of amides is 1. The number of halogens is 3. The van der Waals surface area contributed by atoms with Gasteiger partial charge in [0.05, 0.1) is 10.6 Å². The topological polar surface area (TPSA) is 72.2 Å². The summed E-state index contributed by atoms with van der Waals surface area (Å²) >= 11 is 6.55. The fourth-order valence-electron chi connectivity index (χ4n) is 1.58. The quantitative estimate of drug-likeness (QED) is 0.589. The van der Waals surface area contributed by atoms with Gasteiger partial charge in [-0.15, -0.1) is 0 Å². The molecule has 0 atom stereocenters. The van der Waals surface area contributed by atoms with Gasteiger partial charge in [0, 0.05) is 20.6 Å². The van der Waals surface area contributed by atoms with Crippen LogP contribution in [-0.2, 0) is 0 Å². The third kappa shape index (κ3) is 3.64. The molecule has 0 aromatic heterocycles. The fraction of sp³-hybridized carbons (Fsp3) is 0. The summed E-state index contributed by atoms with van der Waals surface area (Å²) in [6.07, 6.45) is 0. The minimum Gasteiger partial charge on any atom is -0.321 e. The molecule has 0 unspecified atom stereocenters. The van der Waals surface area contributed by atoms with Crippen LogP contribution in [0, 0.1) is 15.9 Å². The molecule has 1 amide bonds. The molecule has 0 saturated heterocycles. The molecule has 108 valence electrons. The van der Waals surface area contributed by atoms with Gasteiger partial charge in [-0.3, -0.25) is 14.9 Å². The average Bonchev–Trinajstić information content (AvgIpc) is 2.43. The number of rotatable bonds is 3. The molecule has 0 heterocycles. The van der Waals surface area contributed by atoms with Gasteiger partial charge in [-0.2, -0.15) is 4.39 Å². The average molecular weight is 418 g/mol. The molecule has 0 radical (unpaired) electrons. The lowest BCUT2D eigenvalue weighted by Gasteiger charge is -2.08. The van der Waals surface area contributed by atoms with E-state index in [0.29, 0.717) is 10.2 Å². The molecule has 2 rings (SSSR count). The van der Waals surface area contributed by atoms with Gasteiger partial charge < -0.3 is 5.32 Å². The van der Waals surface area contributed by atoms with Crippen LogP contribution < -0.4 is 5.32 Å². The summed E-state index contributed by atoms with van der Waals surface area (Å²) in [4.78, 5) is 21.9. The third-order valence-corrected chi connectivity index (χ3v) is 3.77. The highest BCUT2D eigenvalue weighted by molar-refractivity contribution is 9.11. The van der Waals surface area contributed by atoms with Crippen LogP contribution in [0.1, 0.15) is 10.4 Å². The van der Waals surface area contributed by atoms with Crippen molar-refractivity contribution in [2.24, 2.45) is 0 Å². The molecular weight excluding hydrogens is 411 g/mol. The van der Waals surface area contributed by atoms with Crippen LogP contribution in [0.2, 0.25) is 0 Å². The van der Waals surface area contributed by atoms with Gasteiger partial charge >= 0.3 is 5.69 Å². The summed E-state index contributed by atoms with van der Waals surface area (Å²) in [5, 5.41) is 13.3. The van der Waals surface area contributed by atoms with Crippen LogP contribution in [-0.4, -0.2) is 10.8 Å². The van der Waals surface area contributed by atoms with Gasteiger partial charge in [0.1, 0.15) is 0 Å². The summed E-state index contributed by atoms with van der Waals surface area (Å²) < 4.78 is 14.6. The Morgan fingerprint density at radius 3 is 2.57 bits per heavy atom. The van der Waals surface area contributed by atoms with E-state index < -0.39 is 22.3 Å². The molecule has 0 bridgehead atoms. The Labute approximate surface area is 135 Å². The first-order valence-corrected chi connectivity index (χ1v) is 7.17. The molecule has 0 fully saturated rings. The van der Waals surface area contributed by atoms with E-state index in [2.05, 4.69) is 37.2 Å². The van der Waals surface area contributed by atoms with E-state index in [4.69, 9.17) is 0 Å². The number of carbonyl (C=O) groups is 1. The van der Waals surface area contributed by atoms with Crippen LogP contribution in [0.15, 0.2) is 45.3 Å². The van der Waals surface area contributed by atoms with Crippen LogP contribution in [0.3, 0.4) is 0 Å². The summed E-state index contributed by atoms with van der Waals surface area (Å²) in [5.74, 6) is -1.56. The number of nitro groups is 1. The minimum atomic E-state index is -0.986. The molecular formula is C13H7Br2FN2O3. The number of anilines is 1. The maximum absolute atomic E-state index is 13.2. The van der Waals surface area contributed by atoms with E-state index in [1.165, 1.54) is 6.07 Å². The van der Waals surface area contributed by atoms with Crippen molar-refractivity contribution in [3.8, 4) is 0 Å². The largest absolute Gasteiger partial charge is 0.321 e. The first kappa shape index (κ1) is 15.6. The zero-order valence-electron chi connectivity index (χ0n) is 10.3. The standard InChI is InChI=1S/C13H7Br2FN2O3/c14-8-2-3-9(15)11(6-8)17-13(19)7-1-4-10(16)12(5-7)18(20)21/h1-6H,(H,17,19). The lowest BCUT2D eigenvalue weighted by atomic mass is 10.1. The number of hydrogen-bond donors (Lipinski definition) is 1. The lowest BCUT2D eigenvalue weighted by Crippen LogP contribution is -2.13. The Balaban J connectivity index is 2.30. The number of nitro benzene ring substituents is 1. The number of carbonyl (C=O) groups excluding carboxylic acids is 1. The van der Waals surface area contributed by atoms with Crippen molar-refractivity contribution in [2.45, 2.75) is 0 Å². The van der Waals surface area contributed by atoms with Crippen molar-refractivity contribution < 1.29 is 14.1 Å². The second-order valence-electron chi connectivity index (χ2n) is 4.00. The Morgan fingerprint density at radius 1 is 1.19 bits per heavy atom. The third-order valence-electron chi connectivity index (χ3n) is 2.58. The highest BCUT2D eigenvalue weighted by atomic mass is 79.9. The molecule has 8 heteroatoms. The molecule has 5 nitrogen and oxygen atoms in total. The predicted molar refractivity (Wildman–Crippen MR) is 82.8 cm³/mol. The highest BCUT2D eigenvalue weighted by Crippen LogP contribution is 2.27. The molecule has 1 N–H and O–H groups in total. The number of hydrogen-bond acceptors (Lipinski definition) is 3. The van der Waals surface area contributed by atoms with Gasteiger partial charge in [0.2, 0.25) is 5.82 Å². The van der Waals surface area contributed by atoms with Crippen molar-refractivity contribution >= 4 is 49.1 Å². The zero-order chi connectivity index (χ0) is 15.6. The number of nitrogens with one attached hydrogen (secondary N) is 1. The lowest BCUT2D eigenvalue weighted by molar-refractivity contribution is -0.387. The van der Waals surface area contributed by atoms with Crippen molar-refractivity contribution in [3.63, 3.8) is 0 Å². The van der Waals surface area contributed by atoms with Crippen LogP contribution in [0.25, 0.3) is 0 Å². The molecule has 0 spiro atoms. The van der Waals surface area contributed by atoms with Crippen molar-refractivity contribution in [2.75, 3.05) is 5.32 Å². The maximum atomic E-state index is 13.2. The summed E-state index contributed by atoms with van der Waals surface area (Å²) in [7, 11) is 0. The molecule has 21 heavy (non-hydrogen) atoms. The number of benzene rings is 2. The zero-order valence-corrected chi connectivity index (χ0v) is 13.4. The van der Waals surface area contributed by atoms with E-state index in [9.17, 15) is 19.3 Å². The van der Waals surface area contributed by atoms with Crippen molar-refractivity contribution in [1.82, 2.24) is 0 Å². The minimum absolute atomic E-state index is 0.00465. The van der Waals surface area contributed by atoms with Gasteiger partial charge in [-0.1, -0.05) is 15.9 Å². The first-order valence-electron chi connectivity index (χ1n) is 5.59. The molecule has 2 aromatic carbocycles. The molecule has 0 aliphatic heterocycles. The molecule has 0 aliphatic rings. The van der Waals surface area contributed by atoms with Crippen molar-refractivity contribution in [3.05, 3.63) is 66.8 Å². The van der Waals surface area contributed by atoms with Gasteiger partial charge in [-0.25, -0.2) is 0 Å². The van der Waals surface area contributed by atoms with E-state index in [-0.39, 0.29) is 5.56 Å². The Morgan fingerprint density at radius 2 is 1.90 bits per heavy atom. The molecule has 0 aliphatic carbocycles. The monoisotopic (exact) mass is 416 g/mol. The van der Waals surface area contributed by atoms with E-state index >= 15 is 0 Å². The summed E-state index contributed by atoms with van der Waals surface area (Å²) in [6, 6.07) is 8.15. The fourth-order valence-corrected chi connectivity index (χ4v) is 2.29. The predicted octanol–water partition coefficient (Wildman–Crippen LogP) is 4.51. The van der Waals surface area contributed by atoms with E-state index in [1.807, 2.05) is 0 Å². The smallest absolute Gasteiger partial charge is 0.305 e. The van der Waals surface area contributed by atoms with Gasteiger partial charge in [0.15, 0.2) is 0 Å². The van der Waals surface area contributed by atoms with E-state index in [1.54, 1.807) is 18.2 Å². The van der Waals surface area contributed by atoms with Crippen LogP contribution in [0.5, 0.6) is 0 Å². The maximum Gasteiger partial charge on any atom is 0.305 e. The van der Waals surface area contributed by atoms with Gasteiger partial charge in [-0.05, 0) is 46.3 Å². The molecule has 2 aromatic rings. The number of nitrogens with zero attached hydrogens (tertiary/aromatic N) is 1. The van der Waals surface area contributed by atoms with Crippen LogP contribution in [0.4, 0.5) is 15.8 Å². The summed E-state index contributed by atoms with van der Waals surface area (Å²) in [6.45, 7) is 0. The van der Waals surface area contributed by atoms with E-state index in [0.717, 1.165) is 16.6 Å². The van der Waals surface area contributed by atoms with Crippen molar-refractivity contribution in [1.29, 1.82) is 0 Å². The SMILES string of the molecule is O=C(Nc1cc(Br)ccc1Br)c1ccc(F)c([N+](=O)[O-])c1. The highest BCUT2D eigenvalue weighted by Gasteiger charge is 2.18. The molecule has 0 saturated carbocycles. The van der Waals surface area contributed by atoms with Crippen LogP contribution >= 0.6 is 31.9 Å². The second-order valence-corrected chi connectivity index (χ2v) is 5.77. The Bertz CT molecular complexity index is 737. The Kier molecular flexibility index (Phi) is 4.69. The van der Waals surface area contributed by atoms with Gasteiger partial charge in [0.25, 0.3) is 5.91 Å². The Hall–Kier alpha value is -1.80.